The molecule has 1 fully saturated rings. The van der Waals surface area contributed by atoms with Crippen LogP contribution in [0.25, 0.3) is 0 Å². The van der Waals surface area contributed by atoms with Crippen LogP contribution >= 0.6 is 0 Å². The van der Waals surface area contributed by atoms with E-state index in [1.54, 1.807) is 0 Å². The molecule has 15 heavy (non-hydrogen) atoms. The Morgan fingerprint density at radius 3 is 1.33 bits per heavy atom. The van der Waals surface area contributed by atoms with Crippen LogP contribution in [-0.4, -0.2) is 23.4 Å². The summed E-state index contributed by atoms with van der Waals surface area (Å²) in [7, 11) is 0. The molecule has 0 unspecified atom stereocenters. The van der Waals surface area contributed by atoms with Gasteiger partial charge in [-0.15, -0.1) is 0 Å². The van der Waals surface area contributed by atoms with Gasteiger partial charge in [-0.3, -0.25) is 0 Å². The second-order valence-electron chi connectivity index (χ2n) is 5.32. The number of hydrogen-bond donors (Lipinski definition) is 2. The van der Waals surface area contributed by atoms with Gasteiger partial charge in [0.05, 0.1) is 13.2 Å². The van der Waals surface area contributed by atoms with Gasteiger partial charge < -0.3 is 10.2 Å². The van der Waals surface area contributed by atoms with Crippen molar-refractivity contribution in [2.24, 2.45) is 16.2 Å². The molecule has 1 saturated carbocycles. The van der Waals surface area contributed by atoms with Crippen molar-refractivity contribution in [2.75, 3.05) is 13.2 Å². The normalized spacial score (nSPS) is 44.7. The van der Waals surface area contributed by atoms with E-state index in [2.05, 4.69) is 24.3 Å². The molecule has 82 valence electrons. The smallest absolute Gasteiger partial charge is 0.0521 e. The van der Waals surface area contributed by atoms with Gasteiger partial charge in [0.25, 0.3) is 0 Å². The predicted octanol–water partition coefficient (Wildman–Crippen LogP) is 1.64. The average Bonchev–Trinajstić information content (AvgIpc) is 2.86. The summed E-state index contributed by atoms with van der Waals surface area (Å²) >= 11 is 0. The lowest BCUT2D eigenvalue weighted by Gasteiger charge is -2.28. The van der Waals surface area contributed by atoms with E-state index in [4.69, 9.17) is 0 Å². The molecule has 2 nitrogen and oxygen atoms in total. The van der Waals surface area contributed by atoms with Crippen LogP contribution in [0.2, 0.25) is 0 Å². The van der Waals surface area contributed by atoms with E-state index in [0.717, 1.165) is 25.7 Å². The van der Waals surface area contributed by atoms with Crippen LogP contribution in [0.4, 0.5) is 0 Å². The van der Waals surface area contributed by atoms with E-state index in [-0.39, 0.29) is 29.5 Å². The summed E-state index contributed by atoms with van der Waals surface area (Å²) in [4.78, 5) is 0. The van der Waals surface area contributed by atoms with Gasteiger partial charge in [-0.25, -0.2) is 0 Å². The summed E-state index contributed by atoms with van der Waals surface area (Å²) in [5.41, 5.74) is 0.0903. The fourth-order valence-corrected chi connectivity index (χ4v) is 4.54. The lowest BCUT2D eigenvalue weighted by atomic mass is 9.76. The minimum absolute atomic E-state index is 0.132. The summed E-state index contributed by atoms with van der Waals surface area (Å²) in [5.74, 6) is 0. The first-order valence-corrected chi connectivity index (χ1v) is 5.80. The molecule has 3 aliphatic carbocycles. The summed E-state index contributed by atoms with van der Waals surface area (Å²) in [6.45, 7) is 0.264. The highest BCUT2D eigenvalue weighted by atomic mass is 16.3. The molecule has 0 amide bonds. The first-order chi connectivity index (χ1) is 7.29. The SMILES string of the molecule is OCC1(CO)C23CC=CCC12CC=CC3. The molecule has 0 saturated heterocycles. The molecular formula is C13H18O2. The van der Waals surface area contributed by atoms with Crippen LogP contribution in [0, 0.1) is 16.2 Å². The third kappa shape index (κ3) is 0.743. The first-order valence-electron chi connectivity index (χ1n) is 5.80. The van der Waals surface area contributed by atoms with Crippen molar-refractivity contribution in [2.45, 2.75) is 25.7 Å². The van der Waals surface area contributed by atoms with E-state index in [9.17, 15) is 10.2 Å². The van der Waals surface area contributed by atoms with E-state index >= 15 is 0 Å². The maximum absolute atomic E-state index is 9.69. The highest BCUT2D eigenvalue weighted by Gasteiger charge is 2.84. The van der Waals surface area contributed by atoms with Gasteiger partial charge in [-0.05, 0) is 36.5 Å². The standard InChI is InChI=1S/C13H18O2/c14-9-13(10-15)11-5-1-2-6-12(11,13)8-4-3-7-11/h1-4,14-15H,5-10H2. The van der Waals surface area contributed by atoms with Crippen LogP contribution in [0.3, 0.4) is 0 Å². The van der Waals surface area contributed by atoms with E-state index in [1.165, 1.54) is 0 Å². The van der Waals surface area contributed by atoms with Crippen molar-refractivity contribution in [3.63, 3.8) is 0 Å². The molecule has 0 aromatic rings. The fraction of sp³-hybridized carbons (Fsp3) is 0.692. The number of hydrogen-bond acceptors (Lipinski definition) is 2. The Kier molecular flexibility index (Phi) is 1.76. The summed E-state index contributed by atoms with van der Waals surface area (Å²) in [5, 5.41) is 19.4. The molecule has 0 radical (unpaired) electrons. The van der Waals surface area contributed by atoms with E-state index < -0.39 is 0 Å². The molecule has 2 heteroatoms. The topological polar surface area (TPSA) is 40.5 Å². The lowest BCUT2D eigenvalue weighted by molar-refractivity contribution is 0.0867. The lowest BCUT2D eigenvalue weighted by Crippen LogP contribution is -2.22. The molecule has 0 aromatic carbocycles. The Balaban J connectivity index is 2.09. The maximum atomic E-state index is 9.69. The molecule has 0 spiro atoms. The van der Waals surface area contributed by atoms with Gasteiger partial charge in [-0.1, -0.05) is 24.3 Å². The van der Waals surface area contributed by atoms with Crippen molar-refractivity contribution in [3.8, 4) is 0 Å². The zero-order chi connectivity index (χ0) is 10.6. The van der Waals surface area contributed by atoms with Gasteiger partial charge in [-0.2, -0.15) is 0 Å². The second-order valence-corrected chi connectivity index (χ2v) is 5.32. The highest BCUT2D eigenvalue weighted by Crippen LogP contribution is 2.86. The van der Waals surface area contributed by atoms with Crippen LogP contribution in [0.1, 0.15) is 25.7 Å². The van der Waals surface area contributed by atoms with Gasteiger partial charge in [0.15, 0.2) is 0 Å². The Morgan fingerprint density at radius 1 is 0.733 bits per heavy atom. The van der Waals surface area contributed by atoms with E-state index in [0.29, 0.717) is 0 Å². The maximum Gasteiger partial charge on any atom is 0.0521 e. The highest BCUT2D eigenvalue weighted by molar-refractivity contribution is 5.38. The van der Waals surface area contributed by atoms with Crippen LogP contribution in [0.5, 0.6) is 0 Å². The summed E-state index contributed by atoms with van der Waals surface area (Å²) < 4.78 is 0. The Labute approximate surface area is 90.3 Å². The first kappa shape index (κ1) is 9.61. The molecule has 0 atom stereocenters. The largest absolute Gasteiger partial charge is 0.396 e. The van der Waals surface area contributed by atoms with Crippen LogP contribution < -0.4 is 0 Å². The summed E-state index contributed by atoms with van der Waals surface area (Å²) in [6.07, 6.45) is 13.0. The third-order valence-electron chi connectivity index (χ3n) is 5.42. The van der Waals surface area contributed by atoms with Crippen molar-refractivity contribution in [1.82, 2.24) is 0 Å². The Morgan fingerprint density at radius 2 is 1.07 bits per heavy atom. The third-order valence-corrected chi connectivity index (χ3v) is 5.42. The molecule has 2 N–H and O–H groups in total. The van der Waals surface area contributed by atoms with Crippen molar-refractivity contribution in [3.05, 3.63) is 24.3 Å². The van der Waals surface area contributed by atoms with E-state index in [1.807, 2.05) is 0 Å². The molecule has 0 aliphatic heterocycles. The second kappa shape index (κ2) is 2.74. The average molecular weight is 206 g/mol. The Bertz CT molecular complexity index is 290. The zero-order valence-electron chi connectivity index (χ0n) is 8.95. The molecule has 3 rings (SSSR count). The van der Waals surface area contributed by atoms with Gasteiger partial charge in [0, 0.05) is 5.41 Å². The fourth-order valence-electron chi connectivity index (χ4n) is 4.54. The van der Waals surface area contributed by atoms with Gasteiger partial charge in [0.1, 0.15) is 0 Å². The molecule has 0 aromatic heterocycles. The molecule has 0 bridgehead atoms. The van der Waals surface area contributed by atoms with Crippen molar-refractivity contribution in [1.29, 1.82) is 0 Å². The molecular weight excluding hydrogens is 188 g/mol. The minimum Gasteiger partial charge on any atom is -0.396 e. The van der Waals surface area contributed by atoms with Gasteiger partial charge in [0.2, 0.25) is 0 Å². The van der Waals surface area contributed by atoms with Crippen molar-refractivity contribution < 1.29 is 10.2 Å². The predicted molar refractivity (Wildman–Crippen MR) is 58.2 cm³/mol. The number of allylic oxidation sites excluding steroid dienone is 4. The Hall–Kier alpha value is -0.600. The number of aliphatic hydroxyl groups excluding tert-OH is 2. The quantitative estimate of drug-likeness (QED) is 0.674. The number of rotatable bonds is 2. The zero-order valence-corrected chi connectivity index (χ0v) is 8.95. The van der Waals surface area contributed by atoms with Crippen LogP contribution in [-0.2, 0) is 0 Å². The number of aliphatic hydroxyl groups is 2. The van der Waals surface area contributed by atoms with Crippen LogP contribution in [0.15, 0.2) is 24.3 Å². The van der Waals surface area contributed by atoms with Gasteiger partial charge >= 0.3 is 0 Å². The molecule has 0 heterocycles. The molecule has 3 aliphatic rings. The van der Waals surface area contributed by atoms with Crippen molar-refractivity contribution >= 4 is 0 Å². The summed E-state index contributed by atoms with van der Waals surface area (Å²) in [6, 6.07) is 0. The monoisotopic (exact) mass is 206 g/mol. The minimum atomic E-state index is -0.229.